The van der Waals surface area contributed by atoms with E-state index in [1.807, 2.05) is 13.0 Å². The van der Waals surface area contributed by atoms with Gasteiger partial charge in [-0.1, -0.05) is 6.08 Å². The number of ether oxygens (including phenoxy) is 1. The lowest BCUT2D eigenvalue weighted by molar-refractivity contribution is -0.0166. The number of rotatable bonds is 2. The molecule has 2 N–H and O–H groups in total. The zero-order chi connectivity index (χ0) is 9.64. The number of hydrogen-bond donors (Lipinski definition) is 1. The summed E-state index contributed by atoms with van der Waals surface area (Å²) in [4.78, 5) is 0. The highest BCUT2D eigenvalue weighted by molar-refractivity contribution is 5.44. The average Bonchev–Trinajstić information content (AvgIpc) is 2.78. The standard InChI is InChI=1S/C10H14FNO/c1-6-5-9(11)10(13-6,7(2)12)8-3-4-8/h3,5-7H,4,12H2,1-2H3. The summed E-state index contributed by atoms with van der Waals surface area (Å²) >= 11 is 0. The predicted molar refractivity (Wildman–Crippen MR) is 48.8 cm³/mol. The Kier molecular flexibility index (Phi) is 1.82. The first kappa shape index (κ1) is 8.91. The molecule has 0 amide bonds. The van der Waals surface area contributed by atoms with E-state index in [1.54, 1.807) is 6.92 Å². The molecule has 0 saturated carbocycles. The monoisotopic (exact) mass is 183 g/mol. The van der Waals surface area contributed by atoms with Gasteiger partial charge in [0.2, 0.25) is 0 Å². The van der Waals surface area contributed by atoms with E-state index in [2.05, 4.69) is 0 Å². The Morgan fingerprint density at radius 2 is 2.38 bits per heavy atom. The van der Waals surface area contributed by atoms with Gasteiger partial charge in [-0.05, 0) is 31.9 Å². The van der Waals surface area contributed by atoms with E-state index in [4.69, 9.17) is 10.5 Å². The van der Waals surface area contributed by atoms with Crippen LogP contribution < -0.4 is 5.73 Å². The fraction of sp³-hybridized carbons (Fsp3) is 0.600. The van der Waals surface area contributed by atoms with Crippen molar-refractivity contribution in [3.05, 3.63) is 23.6 Å². The molecule has 72 valence electrons. The Hall–Kier alpha value is -0.670. The van der Waals surface area contributed by atoms with Crippen LogP contribution in [0, 0.1) is 0 Å². The molecule has 3 unspecified atom stereocenters. The van der Waals surface area contributed by atoms with Crippen molar-refractivity contribution < 1.29 is 9.13 Å². The van der Waals surface area contributed by atoms with Crippen LogP contribution in [0.25, 0.3) is 0 Å². The first-order chi connectivity index (χ1) is 6.07. The maximum Gasteiger partial charge on any atom is 0.156 e. The molecule has 0 bridgehead atoms. The molecule has 1 heterocycles. The molecule has 2 nitrogen and oxygen atoms in total. The first-order valence-corrected chi connectivity index (χ1v) is 4.58. The summed E-state index contributed by atoms with van der Waals surface area (Å²) in [6.07, 6.45) is 4.12. The quantitative estimate of drug-likeness (QED) is 0.661. The fourth-order valence-corrected chi connectivity index (χ4v) is 1.91. The number of hydrogen-bond acceptors (Lipinski definition) is 2. The summed E-state index contributed by atoms with van der Waals surface area (Å²) in [6.45, 7) is 3.61. The SMILES string of the molecule is CC1C=C(F)C(C2=CC2)(C(C)N)O1. The molecule has 0 aromatic rings. The average molecular weight is 183 g/mol. The van der Waals surface area contributed by atoms with Crippen LogP contribution in [0.1, 0.15) is 20.3 Å². The van der Waals surface area contributed by atoms with Crippen LogP contribution in [0.2, 0.25) is 0 Å². The smallest absolute Gasteiger partial charge is 0.156 e. The zero-order valence-corrected chi connectivity index (χ0v) is 7.88. The third kappa shape index (κ3) is 1.15. The lowest BCUT2D eigenvalue weighted by Gasteiger charge is -2.31. The number of nitrogens with two attached hydrogens (primary N) is 1. The van der Waals surface area contributed by atoms with Gasteiger partial charge in [0.05, 0.1) is 6.10 Å². The second-order valence-corrected chi connectivity index (χ2v) is 3.80. The van der Waals surface area contributed by atoms with Gasteiger partial charge in [0.1, 0.15) is 5.83 Å². The van der Waals surface area contributed by atoms with Crippen molar-refractivity contribution in [1.29, 1.82) is 0 Å². The van der Waals surface area contributed by atoms with Gasteiger partial charge < -0.3 is 10.5 Å². The van der Waals surface area contributed by atoms with Gasteiger partial charge in [-0.3, -0.25) is 0 Å². The van der Waals surface area contributed by atoms with Gasteiger partial charge in [-0.15, -0.1) is 0 Å². The van der Waals surface area contributed by atoms with E-state index in [-0.39, 0.29) is 18.0 Å². The molecule has 0 spiro atoms. The van der Waals surface area contributed by atoms with E-state index in [9.17, 15) is 4.39 Å². The maximum absolute atomic E-state index is 13.7. The molecular weight excluding hydrogens is 169 g/mol. The van der Waals surface area contributed by atoms with Gasteiger partial charge in [0, 0.05) is 6.04 Å². The van der Waals surface area contributed by atoms with E-state index in [1.165, 1.54) is 6.08 Å². The van der Waals surface area contributed by atoms with Gasteiger partial charge in [-0.2, -0.15) is 0 Å². The van der Waals surface area contributed by atoms with Crippen molar-refractivity contribution in [1.82, 2.24) is 0 Å². The minimum Gasteiger partial charge on any atom is -0.355 e. The third-order valence-corrected chi connectivity index (χ3v) is 2.63. The molecule has 3 heteroatoms. The minimum atomic E-state index is -0.931. The van der Waals surface area contributed by atoms with E-state index >= 15 is 0 Å². The molecule has 0 fully saturated rings. The largest absolute Gasteiger partial charge is 0.355 e. The van der Waals surface area contributed by atoms with Crippen molar-refractivity contribution in [2.45, 2.75) is 38.0 Å². The first-order valence-electron chi connectivity index (χ1n) is 4.58. The molecule has 0 aromatic carbocycles. The lowest BCUT2D eigenvalue weighted by atomic mass is 9.92. The highest BCUT2D eigenvalue weighted by Gasteiger charge is 2.50. The zero-order valence-electron chi connectivity index (χ0n) is 7.88. The van der Waals surface area contributed by atoms with Crippen molar-refractivity contribution in [3.8, 4) is 0 Å². The third-order valence-electron chi connectivity index (χ3n) is 2.63. The van der Waals surface area contributed by atoms with Gasteiger partial charge >= 0.3 is 0 Å². The minimum absolute atomic E-state index is 0.174. The van der Waals surface area contributed by atoms with Crippen LogP contribution in [0.3, 0.4) is 0 Å². The molecule has 0 saturated heterocycles. The summed E-state index contributed by atoms with van der Waals surface area (Å²) in [5.74, 6) is -0.223. The van der Waals surface area contributed by atoms with Crippen molar-refractivity contribution in [2.24, 2.45) is 5.73 Å². The summed E-state index contributed by atoms with van der Waals surface area (Å²) in [5.41, 5.74) is 5.84. The summed E-state index contributed by atoms with van der Waals surface area (Å²) in [6, 6.07) is -0.331. The Labute approximate surface area is 77.3 Å². The molecule has 1 aliphatic carbocycles. The normalized spacial score (nSPS) is 39.8. The highest BCUT2D eigenvalue weighted by Crippen LogP contribution is 2.46. The van der Waals surface area contributed by atoms with Crippen LogP contribution in [-0.2, 0) is 4.74 Å². The second kappa shape index (κ2) is 2.66. The van der Waals surface area contributed by atoms with Gasteiger partial charge in [-0.25, -0.2) is 4.39 Å². The van der Waals surface area contributed by atoms with Crippen molar-refractivity contribution in [3.63, 3.8) is 0 Å². The fourth-order valence-electron chi connectivity index (χ4n) is 1.91. The Balaban J connectivity index is 2.35. The Morgan fingerprint density at radius 3 is 2.69 bits per heavy atom. The van der Waals surface area contributed by atoms with Crippen LogP contribution in [0.5, 0.6) is 0 Å². The molecule has 0 radical (unpaired) electrons. The topological polar surface area (TPSA) is 35.2 Å². The second-order valence-electron chi connectivity index (χ2n) is 3.80. The van der Waals surface area contributed by atoms with Crippen LogP contribution >= 0.6 is 0 Å². The molecule has 13 heavy (non-hydrogen) atoms. The van der Waals surface area contributed by atoms with Crippen molar-refractivity contribution in [2.75, 3.05) is 0 Å². The summed E-state index contributed by atoms with van der Waals surface area (Å²) < 4.78 is 19.2. The molecular formula is C10H14FNO. The van der Waals surface area contributed by atoms with Crippen LogP contribution in [-0.4, -0.2) is 17.7 Å². The summed E-state index contributed by atoms with van der Waals surface area (Å²) in [7, 11) is 0. The van der Waals surface area contributed by atoms with Gasteiger partial charge in [0.15, 0.2) is 5.60 Å². The lowest BCUT2D eigenvalue weighted by Crippen LogP contribution is -2.47. The Morgan fingerprint density at radius 1 is 1.77 bits per heavy atom. The molecule has 3 atom stereocenters. The van der Waals surface area contributed by atoms with Crippen LogP contribution in [0.15, 0.2) is 23.6 Å². The van der Waals surface area contributed by atoms with Gasteiger partial charge in [0.25, 0.3) is 0 Å². The van der Waals surface area contributed by atoms with E-state index < -0.39 is 5.60 Å². The predicted octanol–water partition coefficient (Wildman–Crippen LogP) is 1.67. The van der Waals surface area contributed by atoms with Crippen molar-refractivity contribution >= 4 is 0 Å². The maximum atomic E-state index is 13.7. The highest BCUT2D eigenvalue weighted by atomic mass is 19.1. The molecule has 2 aliphatic rings. The van der Waals surface area contributed by atoms with Crippen LogP contribution in [0.4, 0.5) is 4.39 Å². The molecule has 1 aliphatic heterocycles. The summed E-state index contributed by atoms with van der Waals surface area (Å²) in [5, 5.41) is 0. The Bertz CT molecular complexity index is 295. The number of halogens is 1. The molecule has 2 rings (SSSR count). The van der Waals surface area contributed by atoms with E-state index in [0.717, 1.165) is 12.0 Å². The number of allylic oxidation sites excluding steroid dienone is 1. The molecule has 0 aromatic heterocycles. The van der Waals surface area contributed by atoms with E-state index in [0.29, 0.717) is 0 Å².